The topological polar surface area (TPSA) is 42.1 Å². The lowest BCUT2D eigenvalue weighted by Crippen LogP contribution is -2.30. The molecule has 0 aliphatic rings. The molecule has 1 heterocycles. The molecule has 0 spiro atoms. The molecule has 0 aromatic carbocycles. The van der Waals surface area contributed by atoms with Gasteiger partial charge < -0.3 is 10.6 Å². The molecule has 0 saturated carbocycles. The van der Waals surface area contributed by atoms with Crippen molar-refractivity contribution < 1.29 is 0 Å². The zero-order valence-corrected chi connectivity index (χ0v) is 11.6. The molecule has 3 heteroatoms. The highest BCUT2D eigenvalue weighted by molar-refractivity contribution is 5.39. The molecule has 1 rings (SSSR count). The Morgan fingerprint density at radius 2 is 1.88 bits per heavy atom. The summed E-state index contributed by atoms with van der Waals surface area (Å²) in [5.74, 6) is 1.72. The third-order valence-corrected chi connectivity index (χ3v) is 3.13. The smallest absolute Gasteiger partial charge is 0.128 e. The van der Waals surface area contributed by atoms with Gasteiger partial charge in [-0.05, 0) is 37.8 Å². The van der Waals surface area contributed by atoms with Gasteiger partial charge in [0.2, 0.25) is 0 Å². The van der Waals surface area contributed by atoms with Crippen LogP contribution in [0.2, 0.25) is 0 Å². The average Bonchev–Trinajstić information content (AvgIpc) is 2.27. The summed E-state index contributed by atoms with van der Waals surface area (Å²) in [6, 6.07) is 4.67. The summed E-state index contributed by atoms with van der Waals surface area (Å²) >= 11 is 0. The minimum Gasteiger partial charge on any atom is -0.357 e. The lowest BCUT2D eigenvalue weighted by atomic mass is 10.0. The molecule has 0 bridgehead atoms. The monoisotopic (exact) mass is 235 g/mol. The van der Waals surface area contributed by atoms with Gasteiger partial charge in [-0.2, -0.15) is 0 Å². The van der Waals surface area contributed by atoms with Crippen molar-refractivity contribution >= 4 is 5.82 Å². The first-order valence-electron chi connectivity index (χ1n) is 6.36. The minimum atomic E-state index is 0.0509. The molecule has 0 fully saturated rings. The quantitative estimate of drug-likeness (QED) is 0.853. The Bertz CT molecular complexity index is 330. The van der Waals surface area contributed by atoms with Crippen LogP contribution in [0.4, 0.5) is 5.82 Å². The number of anilines is 1. The van der Waals surface area contributed by atoms with Gasteiger partial charge in [0.1, 0.15) is 5.82 Å². The fourth-order valence-electron chi connectivity index (χ4n) is 1.94. The molecular weight excluding hydrogens is 210 g/mol. The van der Waals surface area contributed by atoms with Crippen molar-refractivity contribution in [1.82, 2.24) is 4.98 Å². The molecule has 0 saturated heterocycles. The van der Waals surface area contributed by atoms with Crippen molar-refractivity contribution in [3.05, 3.63) is 23.9 Å². The fourth-order valence-corrected chi connectivity index (χ4v) is 1.94. The number of aromatic nitrogens is 1. The lowest BCUT2D eigenvalue weighted by molar-refractivity contribution is 0.502. The molecule has 2 atom stereocenters. The first-order chi connectivity index (χ1) is 7.91. The highest BCUT2D eigenvalue weighted by atomic mass is 15.2. The van der Waals surface area contributed by atoms with Gasteiger partial charge in [-0.3, -0.25) is 0 Å². The Labute approximate surface area is 105 Å². The number of pyridine rings is 1. The largest absolute Gasteiger partial charge is 0.357 e. The van der Waals surface area contributed by atoms with Crippen molar-refractivity contribution in [2.24, 2.45) is 11.7 Å². The number of hydrogen-bond donors (Lipinski definition) is 1. The molecule has 0 aliphatic carbocycles. The SMILES string of the molecule is CC(C)CC(C)N(C)c1ccc(C(C)N)cn1. The molecule has 1 aromatic rings. The van der Waals surface area contributed by atoms with E-state index < -0.39 is 0 Å². The van der Waals surface area contributed by atoms with E-state index in [1.807, 2.05) is 13.1 Å². The van der Waals surface area contributed by atoms with E-state index in [2.05, 4.69) is 49.8 Å². The summed E-state index contributed by atoms with van der Waals surface area (Å²) in [6.45, 7) is 8.71. The van der Waals surface area contributed by atoms with Crippen LogP contribution >= 0.6 is 0 Å². The van der Waals surface area contributed by atoms with Crippen LogP contribution in [0.1, 0.15) is 45.7 Å². The lowest BCUT2D eigenvalue weighted by Gasteiger charge is -2.27. The summed E-state index contributed by atoms with van der Waals surface area (Å²) in [7, 11) is 2.10. The number of nitrogens with zero attached hydrogens (tertiary/aromatic N) is 2. The molecule has 0 amide bonds. The van der Waals surface area contributed by atoms with Crippen LogP contribution in [0.15, 0.2) is 18.3 Å². The summed E-state index contributed by atoms with van der Waals surface area (Å²) < 4.78 is 0. The summed E-state index contributed by atoms with van der Waals surface area (Å²) in [4.78, 5) is 6.70. The van der Waals surface area contributed by atoms with Crippen molar-refractivity contribution in [2.75, 3.05) is 11.9 Å². The highest BCUT2D eigenvalue weighted by Gasteiger charge is 2.12. The van der Waals surface area contributed by atoms with Crippen molar-refractivity contribution in [3.8, 4) is 0 Å². The van der Waals surface area contributed by atoms with E-state index in [-0.39, 0.29) is 6.04 Å². The van der Waals surface area contributed by atoms with Crippen molar-refractivity contribution in [1.29, 1.82) is 0 Å². The van der Waals surface area contributed by atoms with E-state index in [9.17, 15) is 0 Å². The minimum absolute atomic E-state index is 0.0509. The standard InChI is InChI=1S/C14H25N3/c1-10(2)8-11(3)17(5)14-7-6-13(9-16-14)12(4)15/h6-7,9-12H,8,15H2,1-5H3. The molecular formula is C14H25N3. The van der Waals surface area contributed by atoms with E-state index in [0.717, 1.165) is 11.4 Å². The molecule has 96 valence electrons. The van der Waals surface area contributed by atoms with Crippen LogP contribution in [0.5, 0.6) is 0 Å². The first-order valence-corrected chi connectivity index (χ1v) is 6.36. The third-order valence-electron chi connectivity index (χ3n) is 3.13. The van der Waals surface area contributed by atoms with Gasteiger partial charge in [0.25, 0.3) is 0 Å². The molecule has 0 radical (unpaired) electrons. The normalized spacial score (nSPS) is 14.8. The second kappa shape index (κ2) is 6.01. The first kappa shape index (κ1) is 14.0. The van der Waals surface area contributed by atoms with Crippen LogP contribution in [0, 0.1) is 5.92 Å². The van der Waals surface area contributed by atoms with Gasteiger partial charge >= 0.3 is 0 Å². The molecule has 0 aliphatic heterocycles. The fraction of sp³-hybridized carbons (Fsp3) is 0.643. The average molecular weight is 235 g/mol. The Balaban J connectivity index is 2.72. The van der Waals surface area contributed by atoms with Crippen LogP contribution in [0.3, 0.4) is 0 Å². The maximum absolute atomic E-state index is 5.81. The van der Waals surface area contributed by atoms with Crippen LogP contribution in [0.25, 0.3) is 0 Å². The Kier molecular flexibility index (Phi) is 4.94. The maximum atomic E-state index is 5.81. The predicted molar refractivity (Wildman–Crippen MR) is 74.2 cm³/mol. The number of nitrogens with two attached hydrogens (primary N) is 1. The van der Waals surface area contributed by atoms with E-state index >= 15 is 0 Å². The molecule has 2 N–H and O–H groups in total. The number of rotatable bonds is 5. The third kappa shape index (κ3) is 4.00. The Hall–Kier alpha value is -1.09. The van der Waals surface area contributed by atoms with Gasteiger partial charge in [0.15, 0.2) is 0 Å². The summed E-state index contributed by atoms with van der Waals surface area (Å²) in [5.41, 5.74) is 6.89. The summed E-state index contributed by atoms with van der Waals surface area (Å²) in [6.07, 6.45) is 3.05. The zero-order valence-electron chi connectivity index (χ0n) is 11.6. The Morgan fingerprint density at radius 1 is 1.24 bits per heavy atom. The van der Waals surface area contributed by atoms with E-state index in [1.165, 1.54) is 6.42 Å². The van der Waals surface area contributed by atoms with E-state index in [4.69, 9.17) is 5.73 Å². The zero-order chi connectivity index (χ0) is 13.0. The predicted octanol–water partition coefficient (Wildman–Crippen LogP) is 2.97. The maximum Gasteiger partial charge on any atom is 0.128 e. The van der Waals surface area contributed by atoms with Gasteiger partial charge in [0, 0.05) is 25.3 Å². The second-order valence-electron chi connectivity index (χ2n) is 5.33. The van der Waals surface area contributed by atoms with E-state index in [1.54, 1.807) is 0 Å². The van der Waals surface area contributed by atoms with Gasteiger partial charge in [-0.25, -0.2) is 4.98 Å². The molecule has 17 heavy (non-hydrogen) atoms. The summed E-state index contributed by atoms with van der Waals surface area (Å²) in [5, 5.41) is 0. The van der Waals surface area contributed by atoms with Gasteiger partial charge in [-0.15, -0.1) is 0 Å². The van der Waals surface area contributed by atoms with Crippen molar-refractivity contribution in [2.45, 2.75) is 46.2 Å². The van der Waals surface area contributed by atoms with Crippen LogP contribution < -0.4 is 10.6 Å². The highest BCUT2D eigenvalue weighted by Crippen LogP contribution is 2.18. The van der Waals surface area contributed by atoms with E-state index in [0.29, 0.717) is 12.0 Å². The molecule has 3 nitrogen and oxygen atoms in total. The molecule has 2 unspecified atom stereocenters. The van der Waals surface area contributed by atoms with Gasteiger partial charge in [0.05, 0.1) is 0 Å². The Morgan fingerprint density at radius 3 is 2.29 bits per heavy atom. The van der Waals surface area contributed by atoms with Crippen LogP contribution in [-0.2, 0) is 0 Å². The molecule has 1 aromatic heterocycles. The second-order valence-corrected chi connectivity index (χ2v) is 5.33. The number of hydrogen-bond acceptors (Lipinski definition) is 3. The van der Waals surface area contributed by atoms with Crippen LogP contribution in [-0.4, -0.2) is 18.1 Å². The van der Waals surface area contributed by atoms with Gasteiger partial charge in [-0.1, -0.05) is 19.9 Å². The van der Waals surface area contributed by atoms with Crippen molar-refractivity contribution in [3.63, 3.8) is 0 Å².